The molecular formula is C18H21Br. The van der Waals surface area contributed by atoms with Crippen molar-refractivity contribution in [2.45, 2.75) is 43.9 Å². The maximum absolute atomic E-state index is 3.96. The zero-order chi connectivity index (χ0) is 13.3. The first-order chi connectivity index (χ1) is 9.17. The van der Waals surface area contributed by atoms with E-state index in [4.69, 9.17) is 0 Å². The highest BCUT2D eigenvalue weighted by Gasteiger charge is 2.35. The molecule has 2 aromatic rings. The summed E-state index contributed by atoms with van der Waals surface area (Å²) in [5, 5.41) is 2.70. The lowest BCUT2D eigenvalue weighted by molar-refractivity contribution is 0.326. The van der Waals surface area contributed by atoms with E-state index in [0.717, 1.165) is 6.42 Å². The molecule has 0 heterocycles. The van der Waals surface area contributed by atoms with E-state index in [1.807, 2.05) is 0 Å². The minimum Gasteiger partial charge on any atom is -0.0881 e. The number of rotatable bonds is 3. The highest BCUT2D eigenvalue weighted by Crippen LogP contribution is 2.44. The summed E-state index contributed by atoms with van der Waals surface area (Å²) in [6.07, 6.45) is 6.68. The van der Waals surface area contributed by atoms with E-state index < -0.39 is 0 Å². The van der Waals surface area contributed by atoms with Gasteiger partial charge in [0.05, 0.1) is 0 Å². The number of halogens is 1. The van der Waals surface area contributed by atoms with E-state index in [1.165, 1.54) is 42.0 Å². The van der Waals surface area contributed by atoms with Gasteiger partial charge in [-0.3, -0.25) is 0 Å². The predicted octanol–water partition coefficient (Wildman–Crippen LogP) is 5.73. The van der Waals surface area contributed by atoms with Crippen LogP contribution >= 0.6 is 15.9 Å². The largest absolute Gasteiger partial charge is 0.0881 e. The van der Waals surface area contributed by atoms with Crippen molar-refractivity contribution in [3.8, 4) is 0 Å². The van der Waals surface area contributed by atoms with Crippen LogP contribution in [0.2, 0.25) is 0 Å². The van der Waals surface area contributed by atoms with E-state index in [1.54, 1.807) is 0 Å². The Balaban J connectivity index is 1.81. The third-order valence-electron chi connectivity index (χ3n) is 4.73. The molecule has 1 aliphatic carbocycles. The molecule has 19 heavy (non-hydrogen) atoms. The Labute approximate surface area is 124 Å². The molecule has 3 rings (SSSR count). The second-order valence-corrected chi connectivity index (χ2v) is 7.32. The summed E-state index contributed by atoms with van der Waals surface area (Å²) >= 11 is 3.96. The lowest BCUT2D eigenvalue weighted by Gasteiger charge is -2.30. The molecule has 0 aliphatic heterocycles. The van der Waals surface area contributed by atoms with Gasteiger partial charge < -0.3 is 0 Å². The lowest BCUT2D eigenvalue weighted by atomic mass is 9.82. The standard InChI is InChI=1S/C18H21Br/c1-18(10-4-5-11-18)17(19)13-14-8-9-15-6-2-3-7-16(15)12-14/h2-3,6-9,12,17H,4-5,10-11,13H2,1H3. The molecule has 0 spiro atoms. The van der Waals surface area contributed by atoms with Crippen molar-refractivity contribution >= 4 is 26.7 Å². The van der Waals surface area contributed by atoms with Gasteiger partial charge in [0, 0.05) is 4.83 Å². The molecule has 1 heteroatoms. The van der Waals surface area contributed by atoms with Crippen molar-refractivity contribution in [2.24, 2.45) is 5.41 Å². The van der Waals surface area contributed by atoms with Crippen LogP contribution in [0, 0.1) is 5.41 Å². The van der Waals surface area contributed by atoms with Crippen LogP contribution in [-0.2, 0) is 6.42 Å². The second kappa shape index (κ2) is 5.28. The van der Waals surface area contributed by atoms with E-state index >= 15 is 0 Å². The summed E-state index contributed by atoms with van der Waals surface area (Å²) in [5.74, 6) is 0. The topological polar surface area (TPSA) is 0 Å². The minimum atomic E-state index is 0.492. The molecule has 0 amide bonds. The molecule has 1 unspecified atom stereocenters. The fourth-order valence-corrected chi connectivity index (χ4v) is 4.15. The van der Waals surface area contributed by atoms with Gasteiger partial charge in [-0.2, -0.15) is 0 Å². The fourth-order valence-electron chi connectivity index (χ4n) is 3.32. The molecule has 100 valence electrons. The first-order valence-electron chi connectivity index (χ1n) is 7.29. The first kappa shape index (κ1) is 13.2. The summed E-state index contributed by atoms with van der Waals surface area (Å²) in [7, 11) is 0. The molecule has 1 aliphatic rings. The Morgan fingerprint density at radius 2 is 1.74 bits per heavy atom. The second-order valence-electron chi connectivity index (χ2n) is 6.21. The molecule has 1 saturated carbocycles. The molecular weight excluding hydrogens is 296 g/mol. The SMILES string of the molecule is CC1(C(Br)Cc2ccc3ccccc3c2)CCCC1. The quantitative estimate of drug-likeness (QED) is 0.635. The summed E-state index contributed by atoms with van der Waals surface area (Å²) in [6, 6.07) is 15.5. The number of hydrogen-bond donors (Lipinski definition) is 0. The maximum Gasteiger partial charge on any atom is 0.0239 e. The van der Waals surface area contributed by atoms with Crippen molar-refractivity contribution in [3.05, 3.63) is 48.0 Å². The predicted molar refractivity (Wildman–Crippen MR) is 86.9 cm³/mol. The highest BCUT2D eigenvalue weighted by atomic mass is 79.9. The molecule has 0 bridgehead atoms. The highest BCUT2D eigenvalue weighted by molar-refractivity contribution is 9.09. The third kappa shape index (κ3) is 2.72. The summed E-state index contributed by atoms with van der Waals surface area (Å²) in [4.78, 5) is 0.601. The van der Waals surface area contributed by atoms with Gasteiger partial charge in [0.2, 0.25) is 0 Å². The van der Waals surface area contributed by atoms with Crippen LogP contribution in [0.3, 0.4) is 0 Å². The van der Waals surface area contributed by atoms with Crippen LogP contribution in [0.4, 0.5) is 0 Å². The van der Waals surface area contributed by atoms with Gasteiger partial charge in [-0.25, -0.2) is 0 Å². The number of alkyl halides is 1. The van der Waals surface area contributed by atoms with Gasteiger partial charge in [-0.15, -0.1) is 0 Å². The zero-order valence-corrected chi connectivity index (χ0v) is 13.1. The smallest absolute Gasteiger partial charge is 0.0239 e. The van der Waals surface area contributed by atoms with Crippen LogP contribution in [0.1, 0.15) is 38.2 Å². The Hall–Kier alpha value is -0.820. The van der Waals surface area contributed by atoms with Gasteiger partial charge in [-0.1, -0.05) is 78.2 Å². The van der Waals surface area contributed by atoms with Crippen molar-refractivity contribution in [2.75, 3.05) is 0 Å². The lowest BCUT2D eigenvalue weighted by Crippen LogP contribution is -2.26. The van der Waals surface area contributed by atoms with E-state index in [2.05, 4.69) is 65.3 Å². The average molecular weight is 317 g/mol. The van der Waals surface area contributed by atoms with E-state index in [0.29, 0.717) is 10.2 Å². The zero-order valence-electron chi connectivity index (χ0n) is 11.5. The summed E-state index contributed by atoms with van der Waals surface area (Å²) in [5.41, 5.74) is 1.94. The molecule has 0 saturated heterocycles. The van der Waals surface area contributed by atoms with Crippen LogP contribution in [0.15, 0.2) is 42.5 Å². The minimum absolute atomic E-state index is 0.492. The Bertz CT molecular complexity index is 567. The Kier molecular flexibility index (Phi) is 3.66. The van der Waals surface area contributed by atoms with E-state index in [9.17, 15) is 0 Å². The third-order valence-corrected chi connectivity index (χ3v) is 6.16. The van der Waals surface area contributed by atoms with Gasteiger partial charge in [0.1, 0.15) is 0 Å². The maximum atomic E-state index is 3.96. The molecule has 0 nitrogen and oxygen atoms in total. The van der Waals surface area contributed by atoms with Gasteiger partial charge in [0.25, 0.3) is 0 Å². The van der Waals surface area contributed by atoms with Crippen LogP contribution in [0.5, 0.6) is 0 Å². The molecule has 0 N–H and O–H groups in total. The molecule has 0 radical (unpaired) electrons. The van der Waals surface area contributed by atoms with Crippen molar-refractivity contribution in [3.63, 3.8) is 0 Å². The average Bonchev–Trinajstić information content (AvgIpc) is 2.87. The van der Waals surface area contributed by atoms with Crippen molar-refractivity contribution in [1.29, 1.82) is 0 Å². The van der Waals surface area contributed by atoms with Gasteiger partial charge in [0.15, 0.2) is 0 Å². The van der Waals surface area contributed by atoms with E-state index in [-0.39, 0.29) is 0 Å². The fraction of sp³-hybridized carbons (Fsp3) is 0.444. The summed E-state index contributed by atoms with van der Waals surface area (Å²) in [6.45, 7) is 2.44. The summed E-state index contributed by atoms with van der Waals surface area (Å²) < 4.78 is 0. The van der Waals surface area contributed by atoms with Crippen LogP contribution in [0.25, 0.3) is 10.8 Å². The normalized spacial score (nSPS) is 19.7. The number of hydrogen-bond acceptors (Lipinski definition) is 0. The molecule has 0 aromatic heterocycles. The van der Waals surface area contributed by atoms with Crippen molar-refractivity contribution < 1.29 is 0 Å². The first-order valence-corrected chi connectivity index (χ1v) is 8.21. The van der Waals surface area contributed by atoms with Gasteiger partial charge in [-0.05, 0) is 41.0 Å². The molecule has 1 fully saturated rings. The number of benzene rings is 2. The Morgan fingerprint density at radius 3 is 2.47 bits per heavy atom. The van der Waals surface area contributed by atoms with Crippen LogP contribution < -0.4 is 0 Å². The Morgan fingerprint density at radius 1 is 1.05 bits per heavy atom. The monoisotopic (exact) mass is 316 g/mol. The van der Waals surface area contributed by atoms with Crippen LogP contribution in [-0.4, -0.2) is 4.83 Å². The van der Waals surface area contributed by atoms with Gasteiger partial charge >= 0.3 is 0 Å². The van der Waals surface area contributed by atoms with Crippen molar-refractivity contribution in [1.82, 2.24) is 0 Å². The molecule has 2 aromatic carbocycles. The molecule has 1 atom stereocenters. The number of fused-ring (bicyclic) bond motifs is 1.